The van der Waals surface area contributed by atoms with Crippen LogP contribution < -0.4 is 5.32 Å². The van der Waals surface area contributed by atoms with E-state index in [9.17, 15) is 0 Å². The van der Waals surface area contributed by atoms with Gasteiger partial charge in [0.25, 0.3) is 0 Å². The maximum absolute atomic E-state index is 8.70. The van der Waals surface area contributed by atoms with Crippen molar-refractivity contribution in [1.82, 2.24) is 5.32 Å². The molecule has 0 radical (unpaired) electrons. The summed E-state index contributed by atoms with van der Waals surface area (Å²) in [6.45, 7) is 4.07. The van der Waals surface area contributed by atoms with Crippen molar-refractivity contribution in [2.45, 2.75) is 20.1 Å². The van der Waals surface area contributed by atoms with Gasteiger partial charge in [-0.2, -0.15) is 0 Å². The Labute approximate surface area is 73.7 Å². The molecule has 0 saturated heterocycles. The van der Waals surface area contributed by atoms with Crippen LogP contribution in [0.25, 0.3) is 0 Å². The normalized spacial score (nSPS) is 20.3. The van der Waals surface area contributed by atoms with Gasteiger partial charge < -0.3 is 15.2 Å². The van der Waals surface area contributed by atoms with Crippen molar-refractivity contribution in [3.63, 3.8) is 0 Å². The molecule has 0 spiro atoms. The largest absolute Gasteiger partial charge is 0.392 e. The van der Waals surface area contributed by atoms with E-state index in [0.29, 0.717) is 0 Å². The number of rotatable bonds is 2. The fourth-order valence-corrected chi connectivity index (χ4v) is 0.790. The highest BCUT2D eigenvalue weighted by atomic mass is 16.5. The van der Waals surface area contributed by atoms with E-state index in [4.69, 9.17) is 9.84 Å². The van der Waals surface area contributed by atoms with Crippen LogP contribution in [0.2, 0.25) is 0 Å². The first-order valence-electron chi connectivity index (χ1n) is 4.14. The van der Waals surface area contributed by atoms with Crippen molar-refractivity contribution in [2.75, 3.05) is 13.7 Å². The number of methoxy groups -OCH3 is 1. The van der Waals surface area contributed by atoms with Crippen molar-refractivity contribution in [1.29, 1.82) is 0 Å². The van der Waals surface area contributed by atoms with Crippen molar-refractivity contribution in [3.8, 4) is 0 Å². The van der Waals surface area contributed by atoms with E-state index in [1.807, 2.05) is 26.0 Å². The third-order valence-corrected chi connectivity index (χ3v) is 1.36. The lowest BCUT2D eigenvalue weighted by molar-refractivity contribution is 0.122. The molecular weight excluding hydrogens is 154 g/mol. The quantitative estimate of drug-likeness (QED) is 0.651. The van der Waals surface area contributed by atoms with E-state index in [2.05, 4.69) is 5.32 Å². The number of dihydropyridines is 1. The first-order chi connectivity index (χ1) is 5.86. The summed E-state index contributed by atoms with van der Waals surface area (Å²) in [5.41, 5.74) is 0.880. The van der Waals surface area contributed by atoms with Crippen LogP contribution in [0.15, 0.2) is 23.9 Å². The summed E-state index contributed by atoms with van der Waals surface area (Å²) in [4.78, 5) is 0. The molecule has 2 N–H and O–H groups in total. The Bertz CT molecular complexity index is 164. The second-order valence-electron chi connectivity index (χ2n) is 2.06. The molecule has 0 saturated carbocycles. The third kappa shape index (κ3) is 3.55. The fourth-order valence-electron chi connectivity index (χ4n) is 0.790. The molecule has 70 valence electrons. The van der Waals surface area contributed by atoms with E-state index in [-0.39, 0.29) is 12.8 Å². The highest BCUT2D eigenvalue weighted by molar-refractivity contribution is 5.23. The second-order valence-corrected chi connectivity index (χ2v) is 2.06. The van der Waals surface area contributed by atoms with Crippen molar-refractivity contribution in [2.24, 2.45) is 0 Å². The first kappa shape index (κ1) is 11.2. The van der Waals surface area contributed by atoms with Crippen LogP contribution in [0.4, 0.5) is 0 Å². The molecule has 0 aromatic rings. The molecule has 3 heteroatoms. The summed E-state index contributed by atoms with van der Waals surface area (Å²) in [7, 11) is 1.61. The molecule has 0 bridgehead atoms. The Balaban J connectivity index is 0.000000561. The van der Waals surface area contributed by atoms with Crippen LogP contribution in [0.3, 0.4) is 0 Å². The Morgan fingerprint density at radius 1 is 1.58 bits per heavy atom. The maximum atomic E-state index is 8.70. The molecule has 1 aliphatic rings. The van der Waals surface area contributed by atoms with Gasteiger partial charge in [-0.15, -0.1) is 0 Å². The summed E-state index contributed by atoms with van der Waals surface area (Å²) in [5, 5.41) is 11.6. The molecule has 0 amide bonds. The van der Waals surface area contributed by atoms with E-state index in [0.717, 1.165) is 5.57 Å². The molecule has 12 heavy (non-hydrogen) atoms. The third-order valence-electron chi connectivity index (χ3n) is 1.36. The lowest BCUT2D eigenvalue weighted by Crippen LogP contribution is -2.26. The van der Waals surface area contributed by atoms with E-state index in [1.165, 1.54) is 0 Å². The Kier molecular flexibility index (Phi) is 6.42. The SMILES string of the molecule is CC.COC1C=C(CO)C=CN1. The van der Waals surface area contributed by atoms with Crippen LogP contribution in [0.5, 0.6) is 0 Å². The Morgan fingerprint density at radius 2 is 2.25 bits per heavy atom. The fraction of sp³-hybridized carbons (Fsp3) is 0.556. The van der Waals surface area contributed by atoms with Gasteiger partial charge in [0.05, 0.1) is 6.61 Å². The Hall–Kier alpha value is -0.800. The topological polar surface area (TPSA) is 41.5 Å². The molecule has 1 aliphatic heterocycles. The van der Waals surface area contributed by atoms with Gasteiger partial charge >= 0.3 is 0 Å². The minimum absolute atomic E-state index is 0.0675. The smallest absolute Gasteiger partial charge is 0.146 e. The van der Waals surface area contributed by atoms with Crippen LogP contribution in [0.1, 0.15) is 13.8 Å². The van der Waals surface area contributed by atoms with Gasteiger partial charge in [0.1, 0.15) is 6.23 Å². The van der Waals surface area contributed by atoms with Gasteiger partial charge in [0.2, 0.25) is 0 Å². The van der Waals surface area contributed by atoms with Gasteiger partial charge in [-0.1, -0.05) is 13.8 Å². The predicted molar refractivity (Wildman–Crippen MR) is 49.6 cm³/mol. The van der Waals surface area contributed by atoms with Gasteiger partial charge in [-0.3, -0.25) is 0 Å². The minimum atomic E-state index is -0.0906. The van der Waals surface area contributed by atoms with Crippen molar-refractivity contribution >= 4 is 0 Å². The maximum Gasteiger partial charge on any atom is 0.146 e. The lowest BCUT2D eigenvalue weighted by Gasteiger charge is -2.15. The molecule has 1 atom stereocenters. The molecule has 0 fully saturated rings. The van der Waals surface area contributed by atoms with Crippen LogP contribution in [0, 0.1) is 0 Å². The lowest BCUT2D eigenvalue weighted by atomic mass is 10.2. The zero-order valence-corrected chi connectivity index (χ0v) is 7.87. The molecule has 1 rings (SSSR count). The van der Waals surface area contributed by atoms with Crippen LogP contribution >= 0.6 is 0 Å². The molecule has 1 unspecified atom stereocenters. The first-order valence-corrected chi connectivity index (χ1v) is 4.14. The average molecular weight is 171 g/mol. The number of ether oxygens (including phenoxy) is 1. The van der Waals surface area contributed by atoms with Crippen LogP contribution in [-0.2, 0) is 4.74 Å². The highest BCUT2D eigenvalue weighted by Gasteiger charge is 2.04. The summed E-state index contributed by atoms with van der Waals surface area (Å²) < 4.78 is 4.97. The summed E-state index contributed by atoms with van der Waals surface area (Å²) in [6, 6.07) is 0. The Morgan fingerprint density at radius 3 is 2.75 bits per heavy atom. The number of hydrogen-bond donors (Lipinski definition) is 2. The van der Waals surface area contributed by atoms with E-state index < -0.39 is 0 Å². The molecular formula is C9H17NO2. The van der Waals surface area contributed by atoms with Gasteiger partial charge in [-0.25, -0.2) is 0 Å². The molecule has 0 aromatic heterocycles. The molecule has 0 aromatic carbocycles. The molecule has 3 nitrogen and oxygen atoms in total. The van der Waals surface area contributed by atoms with Crippen LogP contribution in [-0.4, -0.2) is 25.1 Å². The monoisotopic (exact) mass is 171 g/mol. The average Bonchev–Trinajstić information content (AvgIpc) is 2.21. The summed E-state index contributed by atoms with van der Waals surface area (Å²) in [6.07, 6.45) is 5.32. The van der Waals surface area contributed by atoms with Gasteiger partial charge in [0, 0.05) is 7.11 Å². The summed E-state index contributed by atoms with van der Waals surface area (Å²) in [5.74, 6) is 0. The zero-order valence-electron chi connectivity index (χ0n) is 7.87. The number of hydrogen-bond acceptors (Lipinski definition) is 3. The number of aliphatic hydroxyl groups is 1. The standard InChI is InChI=1S/C7H11NO2.C2H6/c1-10-7-4-6(5-9)2-3-8-7;1-2/h2-4,7-9H,5H2,1H3;1-2H3. The minimum Gasteiger partial charge on any atom is -0.392 e. The molecule has 1 heterocycles. The number of aliphatic hydroxyl groups excluding tert-OH is 1. The van der Waals surface area contributed by atoms with Crippen molar-refractivity contribution in [3.05, 3.63) is 23.9 Å². The van der Waals surface area contributed by atoms with Gasteiger partial charge in [0.15, 0.2) is 0 Å². The van der Waals surface area contributed by atoms with E-state index >= 15 is 0 Å². The summed E-state index contributed by atoms with van der Waals surface area (Å²) >= 11 is 0. The van der Waals surface area contributed by atoms with Gasteiger partial charge in [-0.05, 0) is 23.9 Å². The highest BCUT2D eigenvalue weighted by Crippen LogP contribution is 2.03. The van der Waals surface area contributed by atoms with Crippen molar-refractivity contribution < 1.29 is 9.84 Å². The predicted octanol–water partition coefficient (Wildman–Crippen LogP) is 1.02. The van der Waals surface area contributed by atoms with E-state index in [1.54, 1.807) is 13.3 Å². The number of nitrogens with one attached hydrogen (secondary N) is 1. The molecule has 0 aliphatic carbocycles. The second kappa shape index (κ2) is 6.88. The zero-order chi connectivity index (χ0) is 9.40.